The number of benzene rings is 2. The van der Waals surface area contributed by atoms with Gasteiger partial charge in [-0.25, -0.2) is 0 Å². The minimum absolute atomic E-state index is 0.431. The van der Waals surface area contributed by atoms with Gasteiger partial charge in [-0.05, 0) is 42.2 Å². The third-order valence-corrected chi connectivity index (χ3v) is 2.92. The van der Waals surface area contributed by atoms with E-state index in [4.69, 9.17) is 4.74 Å². The zero-order valence-corrected chi connectivity index (χ0v) is 11.4. The van der Waals surface area contributed by atoms with E-state index in [-0.39, 0.29) is 0 Å². The van der Waals surface area contributed by atoms with Crippen LogP contribution in [-0.4, -0.2) is 5.11 Å². The molecular formula is C17H20O2. The van der Waals surface area contributed by atoms with Crippen molar-refractivity contribution in [3.63, 3.8) is 0 Å². The van der Waals surface area contributed by atoms with Gasteiger partial charge in [-0.15, -0.1) is 0 Å². The Morgan fingerprint density at radius 2 is 1.63 bits per heavy atom. The molecule has 2 aromatic carbocycles. The van der Waals surface area contributed by atoms with E-state index < -0.39 is 6.10 Å². The SMILES string of the molecule is CC(C)CC(O)c1cccc(Oc2ccccc2)c1. The lowest BCUT2D eigenvalue weighted by Crippen LogP contribution is -2.01. The topological polar surface area (TPSA) is 29.5 Å². The third kappa shape index (κ3) is 4.11. The van der Waals surface area contributed by atoms with Gasteiger partial charge in [0.25, 0.3) is 0 Å². The van der Waals surface area contributed by atoms with Crippen LogP contribution >= 0.6 is 0 Å². The highest BCUT2D eigenvalue weighted by Gasteiger charge is 2.10. The van der Waals surface area contributed by atoms with Crippen LogP contribution in [0.2, 0.25) is 0 Å². The Morgan fingerprint density at radius 1 is 0.947 bits per heavy atom. The van der Waals surface area contributed by atoms with Gasteiger partial charge in [-0.1, -0.05) is 44.2 Å². The fourth-order valence-electron chi connectivity index (χ4n) is 1.99. The predicted molar refractivity (Wildman–Crippen MR) is 77.4 cm³/mol. The number of aliphatic hydroxyl groups excluding tert-OH is 1. The van der Waals surface area contributed by atoms with E-state index in [0.717, 1.165) is 23.5 Å². The third-order valence-electron chi connectivity index (χ3n) is 2.92. The molecule has 0 aliphatic rings. The zero-order chi connectivity index (χ0) is 13.7. The largest absolute Gasteiger partial charge is 0.457 e. The quantitative estimate of drug-likeness (QED) is 0.849. The number of hydrogen-bond acceptors (Lipinski definition) is 2. The van der Waals surface area contributed by atoms with Crippen LogP contribution in [-0.2, 0) is 0 Å². The van der Waals surface area contributed by atoms with Gasteiger partial charge in [0, 0.05) is 0 Å². The maximum absolute atomic E-state index is 10.1. The Morgan fingerprint density at radius 3 is 2.32 bits per heavy atom. The molecule has 2 heteroatoms. The maximum Gasteiger partial charge on any atom is 0.127 e. The summed E-state index contributed by atoms with van der Waals surface area (Å²) < 4.78 is 5.76. The van der Waals surface area contributed by atoms with E-state index >= 15 is 0 Å². The van der Waals surface area contributed by atoms with Crippen molar-refractivity contribution < 1.29 is 9.84 Å². The first-order chi connectivity index (χ1) is 9.15. The molecule has 1 unspecified atom stereocenters. The van der Waals surface area contributed by atoms with E-state index in [2.05, 4.69) is 13.8 Å². The summed E-state index contributed by atoms with van der Waals surface area (Å²) in [6.07, 6.45) is 0.328. The van der Waals surface area contributed by atoms with Crippen LogP contribution in [0.1, 0.15) is 31.9 Å². The molecule has 0 fully saturated rings. The molecule has 0 saturated carbocycles. The molecule has 0 spiro atoms. The zero-order valence-electron chi connectivity index (χ0n) is 11.4. The average Bonchev–Trinajstić information content (AvgIpc) is 2.39. The molecule has 1 atom stereocenters. The molecule has 0 radical (unpaired) electrons. The van der Waals surface area contributed by atoms with Crippen molar-refractivity contribution in [1.82, 2.24) is 0 Å². The van der Waals surface area contributed by atoms with Crippen LogP contribution in [0.4, 0.5) is 0 Å². The Kier molecular flexibility index (Phi) is 4.58. The molecule has 19 heavy (non-hydrogen) atoms. The van der Waals surface area contributed by atoms with Crippen LogP contribution in [0.5, 0.6) is 11.5 Å². The first-order valence-electron chi connectivity index (χ1n) is 6.66. The second kappa shape index (κ2) is 6.39. The first kappa shape index (κ1) is 13.6. The average molecular weight is 256 g/mol. The van der Waals surface area contributed by atoms with Crippen LogP contribution in [0, 0.1) is 5.92 Å². The van der Waals surface area contributed by atoms with Crippen molar-refractivity contribution in [2.45, 2.75) is 26.4 Å². The standard InChI is InChI=1S/C17H20O2/c1-13(2)11-17(18)14-7-6-10-16(12-14)19-15-8-4-3-5-9-15/h3-10,12-13,17-18H,11H2,1-2H3. The summed E-state index contributed by atoms with van der Waals surface area (Å²) in [5, 5.41) is 10.1. The number of hydrogen-bond donors (Lipinski definition) is 1. The lowest BCUT2D eigenvalue weighted by molar-refractivity contribution is 0.151. The summed E-state index contributed by atoms with van der Waals surface area (Å²) in [7, 11) is 0. The first-order valence-corrected chi connectivity index (χ1v) is 6.66. The number of ether oxygens (including phenoxy) is 1. The van der Waals surface area contributed by atoms with E-state index in [9.17, 15) is 5.11 Å². The second-order valence-electron chi connectivity index (χ2n) is 5.13. The van der Waals surface area contributed by atoms with Crippen molar-refractivity contribution in [2.24, 2.45) is 5.92 Å². The van der Waals surface area contributed by atoms with Crippen LogP contribution < -0.4 is 4.74 Å². The molecule has 100 valence electrons. The van der Waals surface area contributed by atoms with Crippen molar-refractivity contribution in [3.05, 3.63) is 60.2 Å². The van der Waals surface area contributed by atoms with Gasteiger partial charge < -0.3 is 9.84 Å². The van der Waals surface area contributed by atoms with Crippen LogP contribution in [0.15, 0.2) is 54.6 Å². The molecular weight excluding hydrogens is 236 g/mol. The fourth-order valence-corrected chi connectivity index (χ4v) is 1.99. The summed E-state index contributed by atoms with van der Waals surface area (Å²) in [5.74, 6) is 2.03. The highest BCUT2D eigenvalue weighted by Crippen LogP contribution is 2.27. The molecule has 0 saturated heterocycles. The second-order valence-corrected chi connectivity index (χ2v) is 5.13. The molecule has 0 amide bonds. The minimum Gasteiger partial charge on any atom is -0.457 e. The van der Waals surface area contributed by atoms with Gasteiger partial charge in [0.05, 0.1) is 6.10 Å². The molecule has 0 aliphatic heterocycles. The van der Waals surface area contributed by atoms with E-state index in [1.807, 2.05) is 54.6 Å². The van der Waals surface area contributed by atoms with Gasteiger partial charge in [0.1, 0.15) is 11.5 Å². The van der Waals surface area contributed by atoms with Crippen molar-refractivity contribution in [1.29, 1.82) is 0 Å². The van der Waals surface area contributed by atoms with Crippen molar-refractivity contribution >= 4 is 0 Å². The van der Waals surface area contributed by atoms with E-state index in [0.29, 0.717) is 5.92 Å². The highest BCUT2D eigenvalue weighted by atomic mass is 16.5. The Hall–Kier alpha value is -1.80. The Balaban J connectivity index is 2.11. The van der Waals surface area contributed by atoms with Gasteiger partial charge in [-0.3, -0.25) is 0 Å². The highest BCUT2D eigenvalue weighted by molar-refractivity contribution is 5.34. The molecule has 2 nitrogen and oxygen atoms in total. The maximum atomic E-state index is 10.1. The van der Waals surface area contributed by atoms with Gasteiger partial charge in [-0.2, -0.15) is 0 Å². The lowest BCUT2D eigenvalue weighted by Gasteiger charge is -2.14. The molecule has 0 aromatic heterocycles. The summed E-state index contributed by atoms with van der Waals surface area (Å²) in [6.45, 7) is 4.21. The summed E-state index contributed by atoms with van der Waals surface area (Å²) in [4.78, 5) is 0. The Labute approximate surface area is 114 Å². The molecule has 0 heterocycles. The predicted octanol–water partition coefficient (Wildman–Crippen LogP) is 4.56. The minimum atomic E-state index is -0.431. The Bertz CT molecular complexity index is 506. The lowest BCUT2D eigenvalue weighted by atomic mass is 9.99. The summed E-state index contributed by atoms with van der Waals surface area (Å²) in [6, 6.07) is 17.3. The van der Waals surface area contributed by atoms with Gasteiger partial charge in [0.2, 0.25) is 0 Å². The van der Waals surface area contributed by atoms with E-state index in [1.54, 1.807) is 0 Å². The van der Waals surface area contributed by atoms with Crippen LogP contribution in [0.25, 0.3) is 0 Å². The molecule has 0 aliphatic carbocycles. The van der Waals surface area contributed by atoms with Crippen LogP contribution in [0.3, 0.4) is 0 Å². The summed E-state index contributed by atoms with van der Waals surface area (Å²) >= 11 is 0. The summed E-state index contributed by atoms with van der Waals surface area (Å²) in [5.41, 5.74) is 0.905. The number of para-hydroxylation sites is 1. The molecule has 1 N–H and O–H groups in total. The number of rotatable bonds is 5. The smallest absolute Gasteiger partial charge is 0.127 e. The van der Waals surface area contributed by atoms with Gasteiger partial charge >= 0.3 is 0 Å². The molecule has 0 bridgehead atoms. The van der Waals surface area contributed by atoms with Crippen molar-refractivity contribution in [2.75, 3.05) is 0 Å². The molecule has 2 aromatic rings. The van der Waals surface area contributed by atoms with E-state index in [1.165, 1.54) is 0 Å². The monoisotopic (exact) mass is 256 g/mol. The molecule has 2 rings (SSSR count). The normalized spacial score (nSPS) is 12.4. The van der Waals surface area contributed by atoms with Gasteiger partial charge in [0.15, 0.2) is 0 Å². The number of aliphatic hydroxyl groups is 1. The fraction of sp³-hybridized carbons (Fsp3) is 0.294. The van der Waals surface area contributed by atoms with Crippen molar-refractivity contribution in [3.8, 4) is 11.5 Å².